The number of benzene rings is 1. The second-order valence-corrected chi connectivity index (χ2v) is 6.33. The summed E-state index contributed by atoms with van der Waals surface area (Å²) in [7, 11) is 4.42. The van der Waals surface area contributed by atoms with E-state index in [0.717, 1.165) is 5.69 Å². The van der Waals surface area contributed by atoms with Crippen molar-refractivity contribution in [3.8, 4) is 11.4 Å². The molecule has 1 aromatic carbocycles. The van der Waals surface area contributed by atoms with Gasteiger partial charge in [-0.05, 0) is 32.2 Å². The normalized spacial score (nSPS) is 12.5. The third kappa shape index (κ3) is 4.59. The molecule has 0 radical (unpaired) electrons. The van der Waals surface area contributed by atoms with Crippen molar-refractivity contribution >= 4 is 17.5 Å². The lowest BCUT2D eigenvalue weighted by Crippen LogP contribution is -2.31. The molecule has 0 aliphatic heterocycles. The lowest BCUT2D eigenvalue weighted by molar-refractivity contribution is -0.157. The topological polar surface area (TPSA) is 102 Å². The first-order valence-corrected chi connectivity index (χ1v) is 8.90. The molecule has 30 heavy (non-hydrogen) atoms. The summed E-state index contributed by atoms with van der Waals surface area (Å²) in [5.74, 6) is 1.41. The molecule has 2 heterocycles. The van der Waals surface area contributed by atoms with Crippen LogP contribution in [0.1, 0.15) is 17.4 Å². The smallest absolute Gasteiger partial charge is 0.409 e. The van der Waals surface area contributed by atoms with Crippen molar-refractivity contribution in [3.63, 3.8) is 0 Å². The van der Waals surface area contributed by atoms with Crippen LogP contribution in [0, 0.1) is 6.92 Å². The van der Waals surface area contributed by atoms with Crippen LogP contribution in [0.25, 0.3) is 5.69 Å². The van der Waals surface area contributed by atoms with Crippen LogP contribution in [0.15, 0.2) is 30.5 Å². The standard InChI is InChI=1S/C18H21F3N8O/c1-10-7-15(22-2)26-17(24-10)25-11-5-6-14(30-4)13(8-11)29-9-12(27-28-29)16(23-3)18(19,20)21/h5-9,16,23H,1-4H3,(H2,22,24,25,26). The number of anilines is 3. The molecule has 3 rings (SSSR count). The Morgan fingerprint density at radius 3 is 2.53 bits per heavy atom. The highest BCUT2D eigenvalue weighted by Gasteiger charge is 2.41. The molecule has 0 saturated heterocycles. The number of nitrogens with one attached hydrogen (secondary N) is 3. The molecule has 0 aliphatic rings. The molecule has 0 bridgehead atoms. The lowest BCUT2D eigenvalue weighted by atomic mass is 10.2. The molecule has 1 unspecified atom stereocenters. The first kappa shape index (κ1) is 21.3. The number of rotatable bonds is 7. The van der Waals surface area contributed by atoms with Crippen LogP contribution < -0.4 is 20.7 Å². The molecule has 0 fully saturated rings. The number of hydrogen-bond acceptors (Lipinski definition) is 8. The van der Waals surface area contributed by atoms with E-state index in [1.807, 2.05) is 6.92 Å². The van der Waals surface area contributed by atoms with Crippen LogP contribution in [-0.2, 0) is 0 Å². The molecule has 0 spiro atoms. The van der Waals surface area contributed by atoms with Gasteiger partial charge in [0.25, 0.3) is 0 Å². The Morgan fingerprint density at radius 2 is 1.90 bits per heavy atom. The molecule has 9 nitrogen and oxygen atoms in total. The van der Waals surface area contributed by atoms with Crippen molar-refractivity contribution in [2.24, 2.45) is 0 Å². The highest BCUT2D eigenvalue weighted by Crippen LogP contribution is 2.32. The molecule has 0 amide bonds. The molecular formula is C18H21F3N8O. The van der Waals surface area contributed by atoms with E-state index in [0.29, 0.717) is 28.9 Å². The molecule has 3 N–H and O–H groups in total. The van der Waals surface area contributed by atoms with Gasteiger partial charge in [0.1, 0.15) is 29.0 Å². The predicted molar refractivity (Wildman–Crippen MR) is 105 cm³/mol. The number of halogens is 3. The number of aromatic nitrogens is 5. The van der Waals surface area contributed by atoms with Gasteiger partial charge in [-0.1, -0.05) is 5.21 Å². The highest BCUT2D eigenvalue weighted by atomic mass is 19.4. The van der Waals surface area contributed by atoms with Crippen molar-refractivity contribution < 1.29 is 17.9 Å². The summed E-state index contributed by atoms with van der Waals surface area (Å²) < 4.78 is 46.1. The second-order valence-electron chi connectivity index (χ2n) is 6.33. The average molecular weight is 422 g/mol. The minimum atomic E-state index is -4.50. The monoisotopic (exact) mass is 422 g/mol. The maximum absolute atomic E-state index is 13.2. The Labute approximate surface area is 170 Å². The zero-order valence-electron chi connectivity index (χ0n) is 16.7. The van der Waals surface area contributed by atoms with E-state index in [2.05, 4.69) is 36.2 Å². The molecule has 160 valence electrons. The van der Waals surface area contributed by atoms with E-state index < -0.39 is 12.2 Å². The SMILES string of the molecule is CNc1cc(C)nc(Nc2ccc(OC)c(-n3cc(C(NC)C(F)(F)F)nn3)c2)n1. The van der Waals surface area contributed by atoms with Gasteiger partial charge in [0.2, 0.25) is 5.95 Å². The molecular weight excluding hydrogens is 401 g/mol. The van der Waals surface area contributed by atoms with Crippen molar-refractivity contribution in [1.82, 2.24) is 30.3 Å². The fourth-order valence-electron chi connectivity index (χ4n) is 2.83. The van der Waals surface area contributed by atoms with Gasteiger partial charge in [0.15, 0.2) is 0 Å². The van der Waals surface area contributed by atoms with E-state index in [9.17, 15) is 13.2 Å². The molecule has 12 heteroatoms. The molecule has 3 aromatic rings. The Bertz CT molecular complexity index is 1020. The van der Waals surface area contributed by atoms with Gasteiger partial charge in [0.05, 0.1) is 13.3 Å². The summed E-state index contributed by atoms with van der Waals surface area (Å²) in [5.41, 5.74) is 1.50. The van der Waals surface area contributed by atoms with E-state index in [1.54, 1.807) is 31.3 Å². The predicted octanol–water partition coefficient (Wildman–Crippen LogP) is 2.98. The summed E-state index contributed by atoms with van der Waals surface area (Å²) >= 11 is 0. The fraction of sp³-hybridized carbons (Fsp3) is 0.333. The largest absolute Gasteiger partial charge is 0.494 e. The third-order valence-corrected chi connectivity index (χ3v) is 4.22. The summed E-state index contributed by atoms with van der Waals surface area (Å²) in [6, 6.07) is 4.91. The number of ether oxygens (including phenoxy) is 1. The third-order valence-electron chi connectivity index (χ3n) is 4.22. The molecule has 1 atom stereocenters. The van der Waals surface area contributed by atoms with Gasteiger partial charge in [-0.3, -0.25) is 0 Å². The molecule has 0 aliphatic carbocycles. The van der Waals surface area contributed by atoms with E-state index in [1.165, 1.54) is 25.0 Å². The van der Waals surface area contributed by atoms with Crippen molar-refractivity contribution in [2.75, 3.05) is 31.8 Å². The van der Waals surface area contributed by atoms with E-state index in [-0.39, 0.29) is 5.69 Å². The first-order chi connectivity index (χ1) is 14.2. The lowest BCUT2D eigenvalue weighted by Gasteiger charge is -2.16. The van der Waals surface area contributed by atoms with E-state index >= 15 is 0 Å². The summed E-state index contributed by atoms with van der Waals surface area (Å²) in [6.45, 7) is 1.84. The number of aryl methyl sites for hydroxylation is 1. The van der Waals surface area contributed by atoms with Crippen LogP contribution in [0.5, 0.6) is 5.75 Å². The zero-order chi connectivity index (χ0) is 21.9. The Hall–Kier alpha value is -3.41. The van der Waals surface area contributed by atoms with Crippen molar-refractivity contribution in [1.29, 1.82) is 0 Å². The quantitative estimate of drug-likeness (QED) is 0.534. The minimum Gasteiger partial charge on any atom is -0.494 e. The maximum Gasteiger partial charge on any atom is 0.409 e. The Balaban J connectivity index is 1.95. The summed E-state index contributed by atoms with van der Waals surface area (Å²) in [4.78, 5) is 8.65. The van der Waals surface area contributed by atoms with Gasteiger partial charge in [-0.15, -0.1) is 5.10 Å². The van der Waals surface area contributed by atoms with Crippen LogP contribution in [0.4, 0.5) is 30.6 Å². The van der Waals surface area contributed by atoms with Gasteiger partial charge in [0, 0.05) is 24.5 Å². The minimum absolute atomic E-state index is 0.258. The van der Waals surface area contributed by atoms with Crippen LogP contribution in [0.2, 0.25) is 0 Å². The maximum atomic E-state index is 13.2. The zero-order valence-corrected chi connectivity index (χ0v) is 16.7. The van der Waals surface area contributed by atoms with Crippen LogP contribution >= 0.6 is 0 Å². The van der Waals surface area contributed by atoms with Gasteiger partial charge in [-0.2, -0.15) is 18.2 Å². The number of hydrogen-bond donors (Lipinski definition) is 3. The van der Waals surface area contributed by atoms with Crippen LogP contribution in [-0.4, -0.2) is 52.3 Å². The first-order valence-electron chi connectivity index (χ1n) is 8.90. The second kappa shape index (κ2) is 8.53. The number of alkyl halides is 3. The Kier molecular flexibility index (Phi) is 6.06. The molecule has 0 saturated carbocycles. The summed E-state index contributed by atoms with van der Waals surface area (Å²) in [6.07, 6.45) is -3.30. The highest BCUT2D eigenvalue weighted by molar-refractivity contribution is 5.62. The van der Waals surface area contributed by atoms with Gasteiger partial charge in [-0.25, -0.2) is 9.67 Å². The fourth-order valence-corrected chi connectivity index (χ4v) is 2.83. The van der Waals surface area contributed by atoms with Crippen molar-refractivity contribution in [3.05, 3.63) is 41.9 Å². The number of methoxy groups -OCH3 is 1. The van der Waals surface area contributed by atoms with E-state index in [4.69, 9.17) is 4.74 Å². The van der Waals surface area contributed by atoms with Crippen molar-refractivity contribution in [2.45, 2.75) is 19.1 Å². The Morgan fingerprint density at radius 1 is 1.13 bits per heavy atom. The van der Waals surface area contributed by atoms with Gasteiger partial charge < -0.3 is 20.7 Å². The van der Waals surface area contributed by atoms with Crippen LogP contribution in [0.3, 0.4) is 0 Å². The van der Waals surface area contributed by atoms with Gasteiger partial charge >= 0.3 is 6.18 Å². The molecule has 2 aromatic heterocycles. The summed E-state index contributed by atoms with van der Waals surface area (Å²) in [5, 5.41) is 15.7. The average Bonchev–Trinajstić information content (AvgIpc) is 3.16. The number of nitrogens with zero attached hydrogens (tertiary/aromatic N) is 5.